The van der Waals surface area contributed by atoms with E-state index < -0.39 is 11.7 Å². The Labute approximate surface area is 137 Å². The topological polar surface area (TPSA) is 36.4 Å². The number of hydrazone groups is 1. The summed E-state index contributed by atoms with van der Waals surface area (Å²) in [4.78, 5) is 0. The molecule has 120 valence electrons. The molecule has 2 N–H and O–H groups in total. The summed E-state index contributed by atoms with van der Waals surface area (Å²) in [5.41, 5.74) is 3.46. The molecule has 3 nitrogen and oxygen atoms in total. The van der Waals surface area contributed by atoms with Crippen molar-refractivity contribution in [2.75, 3.05) is 5.32 Å². The highest BCUT2D eigenvalue weighted by Gasteiger charge is 2.30. The lowest BCUT2D eigenvalue weighted by Gasteiger charge is -2.10. The van der Waals surface area contributed by atoms with Crippen LogP contribution in [0.15, 0.2) is 59.7 Å². The zero-order valence-electron chi connectivity index (χ0n) is 12.2. The van der Waals surface area contributed by atoms with Crippen LogP contribution in [0.2, 0.25) is 0 Å². The lowest BCUT2D eigenvalue weighted by molar-refractivity contribution is -0.137. The smallest absolute Gasteiger partial charge is 0.331 e. The Morgan fingerprint density at radius 2 is 1.74 bits per heavy atom. The first-order chi connectivity index (χ1) is 10.9. The molecule has 0 saturated heterocycles. The van der Waals surface area contributed by atoms with Crippen LogP contribution in [-0.2, 0) is 6.18 Å². The minimum absolute atomic E-state index is 0.252. The lowest BCUT2D eigenvalue weighted by Crippen LogP contribution is -2.25. The first-order valence-electron chi connectivity index (χ1n) is 6.70. The zero-order chi connectivity index (χ0) is 16.9. The summed E-state index contributed by atoms with van der Waals surface area (Å²) >= 11 is 5.08. The Balaban J connectivity index is 2.04. The summed E-state index contributed by atoms with van der Waals surface area (Å²) < 4.78 is 38.1. The average Bonchev–Trinajstić information content (AvgIpc) is 2.53. The number of hydrogen-bond donors (Lipinski definition) is 2. The van der Waals surface area contributed by atoms with Crippen LogP contribution in [0.4, 0.5) is 18.9 Å². The first kappa shape index (κ1) is 17.0. The molecule has 0 aliphatic carbocycles. The predicted molar refractivity (Wildman–Crippen MR) is 89.5 cm³/mol. The van der Waals surface area contributed by atoms with Gasteiger partial charge < -0.3 is 5.32 Å². The molecule has 0 aliphatic heterocycles. The van der Waals surface area contributed by atoms with Crippen molar-refractivity contribution in [1.82, 2.24) is 5.43 Å². The molecule has 0 bridgehead atoms. The van der Waals surface area contributed by atoms with Crippen LogP contribution in [0, 0.1) is 0 Å². The molecule has 0 fully saturated rings. The fraction of sp³-hybridized carbons (Fsp3) is 0.125. The molecule has 2 aromatic carbocycles. The molecule has 0 saturated carbocycles. The molecule has 23 heavy (non-hydrogen) atoms. The fourth-order valence-electron chi connectivity index (χ4n) is 1.80. The van der Waals surface area contributed by atoms with E-state index >= 15 is 0 Å². The van der Waals surface area contributed by atoms with E-state index in [1.165, 1.54) is 6.07 Å². The van der Waals surface area contributed by atoms with Crippen molar-refractivity contribution < 1.29 is 13.2 Å². The molecule has 7 heteroatoms. The van der Waals surface area contributed by atoms with Gasteiger partial charge >= 0.3 is 6.18 Å². The van der Waals surface area contributed by atoms with Crippen LogP contribution < -0.4 is 10.7 Å². The normalized spacial score (nSPS) is 11.9. The van der Waals surface area contributed by atoms with E-state index in [9.17, 15) is 13.2 Å². The molecule has 0 heterocycles. The van der Waals surface area contributed by atoms with Gasteiger partial charge in [-0.25, -0.2) is 0 Å². The van der Waals surface area contributed by atoms with Crippen LogP contribution in [-0.4, -0.2) is 10.8 Å². The van der Waals surface area contributed by atoms with Crippen molar-refractivity contribution in [1.29, 1.82) is 0 Å². The van der Waals surface area contributed by atoms with Gasteiger partial charge in [0.1, 0.15) is 0 Å². The fourth-order valence-corrected chi connectivity index (χ4v) is 1.96. The van der Waals surface area contributed by atoms with Crippen molar-refractivity contribution in [2.24, 2.45) is 5.10 Å². The van der Waals surface area contributed by atoms with Gasteiger partial charge in [-0.1, -0.05) is 30.3 Å². The third kappa shape index (κ3) is 5.07. The number of thiocarbonyl (C=S) groups is 1. The number of hydrogen-bond acceptors (Lipinski definition) is 2. The summed E-state index contributed by atoms with van der Waals surface area (Å²) in [6.07, 6.45) is -4.38. The minimum Gasteiger partial charge on any atom is -0.331 e. The Kier molecular flexibility index (Phi) is 5.33. The summed E-state index contributed by atoms with van der Waals surface area (Å²) in [5.74, 6) is 0. The molecule has 0 radical (unpaired) electrons. The number of nitrogens with one attached hydrogen (secondary N) is 2. The van der Waals surface area contributed by atoms with E-state index in [0.717, 1.165) is 17.8 Å². The van der Waals surface area contributed by atoms with E-state index in [1.807, 2.05) is 30.3 Å². The van der Waals surface area contributed by atoms with Crippen molar-refractivity contribution in [3.8, 4) is 0 Å². The molecule has 0 spiro atoms. The second kappa shape index (κ2) is 7.23. The van der Waals surface area contributed by atoms with Gasteiger partial charge in [0.15, 0.2) is 5.11 Å². The highest BCUT2D eigenvalue weighted by molar-refractivity contribution is 7.80. The van der Waals surface area contributed by atoms with Gasteiger partial charge in [-0.15, -0.1) is 0 Å². The Bertz CT molecular complexity index is 712. The number of anilines is 1. The molecule has 0 unspecified atom stereocenters. The minimum atomic E-state index is -4.38. The van der Waals surface area contributed by atoms with Crippen molar-refractivity contribution in [3.05, 3.63) is 65.7 Å². The van der Waals surface area contributed by atoms with Crippen LogP contribution in [0.5, 0.6) is 0 Å². The second-order valence-electron chi connectivity index (χ2n) is 4.71. The molecular formula is C16H14F3N3S. The van der Waals surface area contributed by atoms with Crippen LogP contribution in [0.1, 0.15) is 18.1 Å². The SMILES string of the molecule is C/C(=N\NC(=S)Nc1ccccc1)c1cccc(C(F)(F)F)c1. The molecule has 0 atom stereocenters. The van der Waals surface area contributed by atoms with Crippen molar-refractivity contribution in [3.63, 3.8) is 0 Å². The van der Waals surface area contributed by atoms with Crippen molar-refractivity contribution in [2.45, 2.75) is 13.1 Å². The summed E-state index contributed by atoms with van der Waals surface area (Å²) in [7, 11) is 0. The first-order valence-corrected chi connectivity index (χ1v) is 7.11. The third-order valence-corrected chi connectivity index (χ3v) is 3.16. The van der Waals surface area contributed by atoms with Crippen molar-refractivity contribution >= 4 is 28.7 Å². The van der Waals surface area contributed by atoms with Gasteiger partial charge in [0, 0.05) is 5.69 Å². The van der Waals surface area contributed by atoms with Gasteiger partial charge in [-0.3, -0.25) is 5.43 Å². The molecule has 0 aliphatic rings. The van der Waals surface area contributed by atoms with Crippen LogP contribution in [0.25, 0.3) is 0 Å². The van der Waals surface area contributed by atoms with Gasteiger partial charge in [-0.05, 0) is 49.0 Å². The van der Waals surface area contributed by atoms with Crippen LogP contribution >= 0.6 is 12.2 Å². The maximum atomic E-state index is 12.7. The standard InChI is InChI=1S/C16H14F3N3S/c1-11(12-6-5-7-13(10-12)16(17,18)19)21-22-15(23)20-14-8-3-2-4-9-14/h2-10H,1H3,(H2,20,22,23)/b21-11+. The Morgan fingerprint density at radius 3 is 2.39 bits per heavy atom. The largest absolute Gasteiger partial charge is 0.416 e. The van der Waals surface area contributed by atoms with E-state index in [-0.39, 0.29) is 5.11 Å². The predicted octanol–water partition coefficient (Wildman–Crippen LogP) is 4.42. The summed E-state index contributed by atoms with van der Waals surface area (Å²) in [5, 5.41) is 7.18. The number of alkyl halides is 3. The molecule has 0 amide bonds. The molecular weight excluding hydrogens is 323 g/mol. The highest BCUT2D eigenvalue weighted by Crippen LogP contribution is 2.29. The summed E-state index contributed by atoms with van der Waals surface area (Å²) in [6.45, 7) is 1.60. The lowest BCUT2D eigenvalue weighted by atomic mass is 10.1. The van der Waals surface area contributed by atoms with Gasteiger partial charge in [-0.2, -0.15) is 18.3 Å². The van der Waals surface area contributed by atoms with Gasteiger partial charge in [0.25, 0.3) is 0 Å². The Hall–Kier alpha value is -2.41. The number of para-hydroxylation sites is 1. The second-order valence-corrected chi connectivity index (χ2v) is 5.12. The third-order valence-electron chi connectivity index (χ3n) is 2.96. The Morgan fingerprint density at radius 1 is 1.04 bits per heavy atom. The summed E-state index contributed by atoms with van der Waals surface area (Å²) in [6, 6.07) is 14.2. The molecule has 2 aromatic rings. The molecule has 2 rings (SSSR count). The number of nitrogens with zero attached hydrogens (tertiary/aromatic N) is 1. The maximum absolute atomic E-state index is 12.7. The number of halogens is 3. The monoisotopic (exact) mass is 337 g/mol. The van der Waals surface area contributed by atoms with Crippen LogP contribution in [0.3, 0.4) is 0 Å². The average molecular weight is 337 g/mol. The maximum Gasteiger partial charge on any atom is 0.416 e. The van der Waals surface area contributed by atoms with E-state index in [0.29, 0.717) is 11.3 Å². The van der Waals surface area contributed by atoms with Gasteiger partial charge in [0.2, 0.25) is 0 Å². The van der Waals surface area contributed by atoms with E-state index in [4.69, 9.17) is 12.2 Å². The quantitative estimate of drug-likeness (QED) is 0.495. The van der Waals surface area contributed by atoms with E-state index in [2.05, 4.69) is 15.8 Å². The number of benzene rings is 2. The molecule has 0 aromatic heterocycles. The number of rotatable bonds is 3. The van der Waals surface area contributed by atoms with E-state index in [1.54, 1.807) is 13.0 Å². The zero-order valence-corrected chi connectivity index (χ0v) is 13.0. The van der Waals surface area contributed by atoms with Gasteiger partial charge in [0.05, 0.1) is 11.3 Å². The highest BCUT2D eigenvalue weighted by atomic mass is 32.1.